The van der Waals surface area contributed by atoms with Crippen LogP contribution in [0.4, 0.5) is 0 Å². The second kappa shape index (κ2) is 8.76. The van der Waals surface area contributed by atoms with Gasteiger partial charge in [-0.2, -0.15) is 0 Å². The molecule has 0 unspecified atom stereocenters. The van der Waals surface area contributed by atoms with Crippen LogP contribution in [0, 0.1) is 0 Å². The maximum atomic E-state index is 13.1. The molecule has 1 aromatic heterocycles. The number of hydrogen-bond acceptors (Lipinski definition) is 5. The van der Waals surface area contributed by atoms with Gasteiger partial charge in [0.1, 0.15) is 5.52 Å². The molecule has 6 heteroatoms. The summed E-state index contributed by atoms with van der Waals surface area (Å²) < 4.78 is 10.6. The molecule has 1 heterocycles. The van der Waals surface area contributed by atoms with Crippen molar-refractivity contribution in [2.75, 3.05) is 6.61 Å². The average Bonchev–Trinajstić information content (AvgIpc) is 3.22. The van der Waals surface area contributed by atoms with E-state index in [0.717, 1.165) is 25.7 Å². The lowest BCUT2D eigenvalue weighted by Crippen LogP contribution is -2.50. The lowest BCUT2D eigenvalue weighted by molar-refractivity contribution is -0.141. The molecule has 6 nitrogen and oxygen atoms in total. The Morgan fingerprint density at radius 1 is 1.00 bits per heavy atom. The first-order chi connectivity index (χ1) is 13.7. The van der Waals surface area contributed by atoms with Crippen LogP contribution < -0.4 is 0 Å². The fraction of sp³-hybridized carbons (Fsp3) is 0.591. The molecule has 150 valence electrons. The molecule has 2 aliphatic rings. The number of carbonyl (C=O) groups is 2. The minimum Gasteiger partial charge on any atom is -0.452 e. The number of ether oxygens (including phenoxy) is 1. The van der Waals surface area contributed by atoms with Gasteiger partial charge in [0.15, 0.2) is 18.6 Å². The van der Waals surface area contributed by atoms with Crippen LogP contribution in [0.3, 0.4) is 0 Å². The average molecular weight is 384 g/mol. The highest BCUT2D eigenvalue weighted by Gasteiger charge is 2.32. The van der Waals surface area contributed by atoms with Gasteiger partial charge in [-0.15, -0.1) is 0 Å². The summed E-state index contributed by atoms with van der Waals surface area (Å²) in [5.41, 5.74) is 1.61. The zero-order valence-electron chi connectivity index (χ0n) is 16.3. The van der Waals surface area contributed by atoms with Crippen LogP contribution in [0.15, 0.2) is 29.0 Å². The third-order valence-corrected chi connectivity index (χ3v) is 6.12. The summed E-state index contributed by atoms with van der Waals surface area (Å²) in [5.74, 6) is -0.542. The number of rotatable bonds is 5. The summed E-state index contributed by atoms with van der Waals surface area (Å²) in [7, 11) is 0. The van der Waals surface area contributed by atoms with Crippen molar-refractivity contribution in [1.29, 1.82) is 0 Å². The van der Waals surface area contributed by atoms with E-state index in [1.165, 1.54) is 44.9 Å². The van der Waals surface area contributed by atoms with E-state index in [2.05, 4.69) is 9.88 Å². The second-order valence-corrected chi connectivity index (χ2v) is 8.00. The van der Waals surface area contributed by atoms with Gasteiger partial charge in [-0.3, -0.25) is 4.79 Å². The van der Waals surface area contributed by atoms with Gasteiger partial charge in [-0.25, -0.2) is 9.78 Å². The lowest BCUT2D eigenvalue weighted by atomic mass is 9.88. The highest BCUT2D eigenvalue weighted by molar-refractivity contribution is 5.94. The molecule has 4 rings (SSSR count). The van der Waals surface area contributed by atoms with E-state index in [0.29, 0.717) is 28.7 Å². The van der Waals surface area contributed by atoms with Gasteiger partial charge < -0.3 is 14.1 Å². The van der Waals surface area contributed by atoms with Gasteiger partial charge in [-0.05, 0) is 43.9 Å². The summed E-state index contributed by atoms with van der Waals surface area (Å²) in [5, 5.41) is 0. The van der Waals surface area contributed by atoms with Crippen molar-refractivity contribution in [3.63, 3.8) is 0 Å². The number of aromatic nitrogens is 1. The number of carbonyl (C=O) groups excluding carboxylic acids is 2. The molecule has 2 fully saturated rings. The van der Waals surface area contributed by atoms with Crippen LogP contribution in [0.25, 0.3) is 11.1 Å². The third-order valence-electron chi connectivity index (χ3n) is 6.12. The molecule has 0 spiro atoms. The van der Waals surface area contributed by atoms with Gasteiger partial charge >= 0.3 is 5.97 Å². The zero-order chi connectivity index (χ0) is 19.3. The van der Waals surface area contributed by atoms with E-state index in [9.17, 15) is 9.59 Å². The van der Waals surface area contributed by atoms with Crippen LogP contribution in [0.2, 0.25) is 0 Å². The third kappa shape index (κ3) is 4.21. The summed E-state index contributed by atoms with van der Waals surface area (Å²) in [6, 6.07) is 5.56. The van der Waals surface area contributed by atoms with Crippen molar-refractivity contribution in [3.8, 4) is 0 Å². The molecule has 0 atom stereocenters. The summed E-state index contributed by atoms with van der Waals surface area (Å²) in [4.78, 5) is 31.6. The molecule has 0 radical (unpaired) electrons. The van der Waals surface area contributed by atoms with E-state index < -0.39 is 5.97 Å². The Kier molecular flexibility index (Phi) is 5.93. The molecule has 1 aromatic carbocycles. The van der Waals surface area contributed by atoms with Crippen LogP contribution in [0.1, 0.15) is 74.6 Å². The maximum absolute atomic E-state index is 13.1. The van der Waals surface area contributed by atoms with Gasteiger partial charge in [0, 0.05) is 12.1 Å². The van der Waals surface area contributed by atoms with Crippen molar-refractivity contribution in [1.82, 2.24) is 9.88 Å². The van der Waals surface area contributed by atoms with Gasteiger partial charge in [-0.1, -0.05) is 38.5 Å². The molecule has 0 bridgehead atoms. The Hall–Kier alpha value is -2.37. The van der Waals surface area contributed by atoms with E-state index >= 15 is 0 Å². The first-order valence-corrected chi connectivity index (χ1v) is 10.5. The highest BCUT2D eigenvalue weighted by Crippen LogP contribution is 2.30. The van der Waals surface area contributed by atoms with Gasteiger partial charge in [0.2, 0.25) is 0 Å². The van der Waals surface area contributed by atoms with Gasteiger partial charge in [0.25, 0.3) is 5.91 Å². The van der Waals surface area contributed by atoms with Crippen molar-refractivity contribution in [3.05, 3.63) is 30.2 Å². The van der Waals surface area contributed by atoms with E-state index in [4.69, 9.17) is 9.15 Å². The number of oxazole rings is 1. The molecule has 2 aliphatic carbocycles. The Morgan fingerprint density at radius 3 is 2.29 bits per heavy atom. The molecule has 1 amide bonds. The lowest BCUT2D eigenvalue weighted by Gasteiger charge is -2.41. The molecule has 2 aromatic rings. The van der Waals surface area contributed by atoms with Crippen molar-refractivity contribution < 1.29 is 18.7 Å². The van der Waals surface area contributed by atoms with Crippen molar-refractivity contribution in [2.24, 2.45) is 0 Å². The fourth-order valence-electron chi connectivity index (χ4n) is 4.69. The zero-order valence-corrected chi connectivity index (χ0v) is 16.3. The molecule has 28 heavy (non-hydrogen) atoms. The maximum Gasteiger partial charge on any atom is 0.338 e. The topological polar surface area (TPSA) is 72.6 Å². The Morgan fingerprint density at radius 2 is 1.64 bits per heavy atom. The van der Waals surface area contributed by atoms with Gasteiger partial charge in [0.05, 0.1) is 5.56 Å². The van der Waals surface area contributed by atoms with Crippen molar-refractivity contribution >= 4 is 23.0 Å². The fourth-order valence-corrected chi connectivity index (χ4v) is 4.69. The normalized spacial score (nSPS) is 18.9. The minimum absolute atomic E-state index is 0.0466. The van der Waals surface area contributed by atoms with E-state index in [1.54, 1.807) is 18.2 Å². The minimum atomic E-state index is -0.495. The van der Waals surface area contributed by atoms with Crippen LogP contribution in [-0.4, -0.2) is 40.5 Å². The molecular weight excluding hydrogens is 356 g/mol. The molecule has 2 saturated carbocycles. The summed E-state index contributed by atoms with van der Waals surface area (Å²) >= 11 is 0. The largest absolute Gasteiger partial charge is 0.452 e. The molecular formula is C22H28N2O4. The number of benzene rings is 1. The van der Waals surface area contributed by atoms with Crippen LogP contribution in [-0.2, 0) is 9.53 Å². The smallest absolute Gasteiger partial charge is 0.338 e. The number of esters is 1. The predicted octanol–water partition coefficient (Wildman–Crippen LogP) is 4.48. The standard InChI is InChI=1S/C22H28N2O4/c25-21(14-27-22(26)16-11-12-20-19(13-16)23-15-28-20)24(17-7-3-1-4-8-17)18-9-5-2-6-10-18/h11-13,15,17-18H,1-10,14H2. The van der Waals surface area contributed by atoms with Crippen LogP contribution in [0.5, 0.6) is 0 Å². The van der Waals surface area contributed by atoms with E-state index in [-0.39, 0.29) is 12.5 Å². The Labute approximate surface area is 165 Å². The summed E-state index contributed by atoms with van der Waals surface area (Å²) in [6.45, 7) is -0.192. The molecule has 0 saturated heterocycles. The number of fused-ring (bicyclic) bond motifs is 1. The Balaban J connectivity index is 1.41. The molecule has 0 aliphatic heterocycles. The van der Waals surface area contributed by atoms with Crippen LogP contribution >= 0.6 is 0 Å². The quantitative estimate of drug-likeness (QED) is 0.711. The SMILES string of the molecule is O=C(OCC(=O)N(C1CCCCC1)C1CCCCC1)c1ccc2ocnc2c1. The number of nitrogens with zero attached hydrogens (tertiary/aromatic N) is 2. The number of amides is 1. The first-order valence-electron chi connectivity index (χ1n) is 10.5. The predicted molar refractivity (Wildman–Crippen MR) is 105 cm³/mol. The summed E-state index contributed by atoms with van der Waals surface area (Å²) in [6.07, 6.45) is 12.8. The first kappa shape index (κ1) is 19.0. The Bertz CT molecular complexity index is 801. The highest BCUT2D eigenvalue weighted by atomic mass is 16.5. The number of hydrogen-bond donors (Lipinski definition) is 0. The van der Waals surface area contributed by atoms with Crippen molar-refractivity contribution in [2.45, 2.75) is 76.3 Å². The monoisotopic (exact) mass is 384 g/mol. The van der Waals surface area contributed by atoms with E-state index in [1.807, 2.05) is 0 Å². The second-order valence-electron chi connectivity index (χ2n) is 8.00. The molecule has 0 N–H and O–H groups in total.